The Kier molecular flexibility index (Phi) is 7.95. The van der Waals surface area contributed by atoms with E-state index in [1.807, 2.05) is 0 Å². The molecule has 0 spiro atoms. The molecule has 1 aliphatic rings. The highest BCUT2D eigenvalue weighted by Crippen LogP contribution is 2.52. The first-order chi connectivity index (χ1) is 31.5. The number of para-hydroxylation sites is 5. The second-order valence-electron chi connectivity index (χ2n) is 17.7. The van der Waals surface area contributed by atoms with E-state index in [1.165, 1.54) is 60.4 Å². The predicted octanol–water partition coefficient (Wildman–Crippen LogP) is 16.9. The monoisotopic (exact) mass is 818 g/mol. The van der Waals surface area contributed by atoms with Crippen molar-refractivity contribution >= 4 is 71.6 Å². The summed E-state index contributed by atoms with van der Waals surface area (Å²) in [7, 11) is 0. The minimum absolute atomic E-state index is 0.156. The summed E-state index contributed by atoms with van der Waals surface area (Å²) in [5.41, 5.74) is 18.2. The van der Waals surface area contributed by atoms with Crippen LogP contribution < -0.4 is 4.90 Å². The van der Waals surface area contributed by atoms with E-state index in [1.54, 1.807) is 0 Å². The van der Waals surface area contributed by atoms with Gasteiger partial charge in [-0.05, 0) is 99.3 Å². The lowest BCUT2D eigenvalue weighted by Crippen LogP contribution is -2.16. The van der Waals surface area contributed by atoms with Gasteiger partial charge in [0.1, 0.15) is 11.2 Å². The Balaban J connectivity index is 0.997. The summed E-state index contributed by atoms with van der Waals surface area (Å²) in [6, 6.07) is 79.6. The number of nitrogens with zero attached hydrogens (tertiary/aromatic N) is 2. The van der Waals surface area contributed by atoms with Crippen LogP contribution in [0.3, 0.4) is 0 Å². The molecular weight excluding hydrogens is 777 g/mol. The molecule has 0 N–H and O–H groups in total. The van der Waals surface area contributed by atoms with E-state index in [0.717, 1.165) is 61.4 Å². The van der Waals surface area contributed by atoms with Crippen molar-refractivity contribution in [3.05, 3.63) is 230 Å². The molecule has 64 heavy (non-hydrogen) atoms. The Hall–Kier alpha value is -8.14. The highest BCUT2D eigenvalue weighted by Gasteiger charge is 2.36. The molecule has 0 saturated heterocycles. The second kappa shape index (κ2) is 13.9. The summed E-state index contributed by atoms with van der Waals surface area (Å²) in [4.78, 5) is 2.44. The first-order valence-corrected chi connectivity index (χ1v) is 22.2. The molecule has 0 amide bonds. The first-order valence-electron chi connectivity index (χ1n) is 22.2. The second-order valence-corrected chi connectivity index (χ2v) is 17.7. The highest BCUT2D eigenvalue weighted by atomic mass is 16.3. The quantitative estimate of drug-likeness (QED) is 0.167. The van der Waals surface area contributed by atoms with Gasteiger partial charge in [0, 0.05) is 55.0 Å². The van der Waals surface area contributed by atoms with Crippen molar-refractivity contribution in [2.24, 2.45) is 0 Å². The van der Waals surface area contributed by atoms with Gasteiger partial charge in [0.25, 0.3) is 0 Å². The Bertz CT molecular complexity index is 3770. The maximum Gasteiger partial charge on any atom is 0.143 e. The molecule has 3 heteroatoms. The van der Waals surface area contributed by atoms with Crippen LogP contribution in [-0.4, -0.2) is 4.57 Å². The van der Waals surface area contributed by atoms with Gasteiger partial charge in [0.05, 0.1) is 22.4 Å². The summed E-state index contributed by atoms with van der Waals surface area (Å²) in [5, 5.41) is 7.13. The van der Waals surface area contributed by atoms with Gasteiger partial charge in [0.15, 0.2) is 0 Å². The number of rotatable bonds is 6. The zero-order valence-electron chi connectivity index (χ0n) is 35.6. The van der Waals surface area contributed by atoms with E-state index in [4.69, 9.17) is 4.42 Å². The van der Waals surface area contributed by atoms with Crippen molar-refractivity contribution in [2.75, 3.05) is 4.90 Å². The third kappa shape index (κ3) is 5.41. The molecular formula is C61H42N2O. The zero-order valence-corrected chi connectivity index (χ0v) is 35.6. The number of benzene rings is 10. The van der Waals surface area contributed by atoms with Gasteiger partial charge in [-0.1, -0.05) is 172 Å². The van der Waals surface area contributed by atoms with E-state index in [9.17, 15) is 0 Å². The minimum Gasteiger partial charge on any atom is -0.455 e. The number of aromatic nitrogens is 1. The smallest absolute Gasteiger partial charge is 0.143 e. The van der Waals surface area contributed by atoms with Crippen LogP contribution in [0, 0.1) is 0 Å². The van der Waals surface area contributed by atoms with Gasteiger partial charge in [-0.15, -0.1) is 0 Å². The van der Waals surface area contributed by atoms with Crippen molar-refractivity contribution in [1.29, 1.82) is 0 Å². The van der Waals surface area contributed by atoms with Crippen LogP contribution in [0.2, 0.25) is 0 Å². The van der Waals surface area contributed by atoms with Gasteiger partial charge < -0.3 is 13.9 Å². The Morgan fingerprint density at radius 3 is 1.77 bits per heavy atom. The topological polar surface area (TPSA) is 21.3 Å². The molecule has 12 aromatic rings. The molecule has 0 fully saturated rings. The van der Waals surface area contributed by atoms with E-state index in [2.05, 4.69) is 242 Å². The lowest BCUT2D eigenvalue weighted by Gasteiger charge is -2.30. The number of anilines is 3. The van der Waals surface area contributed by atoms with Crippen LogP contribution >= 0.6 is 0 Å². The fraction of sp³-hybridized carbons (Fsp3) is 0.0492. The van der Waals surface area contributed by atoms with Gasteiger partial charge in [-0.3, -0.25) is 0 Å². The molecule has 0 saturated carbocycles. The van der Waals surface area contributed by atoms with E-state index < -0.39 is 0 Å². The first kappa shape index (κ1) is 36.5. The minimum atomic E-state index is -0.156. The molecule has 3 nitrogen and oxygen atoms in total. The lowest BCUT2D eigenvalue weighted by molar-refractivity contribution is 0.660. The van der Waals surface area contributed by atoms with Crippen molar-refractivity contribution in [3.8, 4) is 39.1 Å². The van der Waals surface area contributed by atoms with Crippen molar-refractivity contribution in [1.82, 2.24) is 4.57 Å². The van der Waals surface area contributed by atoms with Crippen LogP contribution in [0.25, 0.3) is 93.6 Å². The predicted molar refractivity (Wildman–Crippen MR) is 269 cm³/mol. The van der Waals surface area contributed by atoms with E-state index in [-0.39, 0.29) is 5.41 Å². The van der Waals surface area contributed by atoms with E-state index >= 15 is 0 Å². The average Bonchev–Trinajstić information content (AvgIpc) is 3.96. The summed E-state index contributed by atoms with van der Waals surface area (Å²) >= 11 is 0. The van der Waals surface area contributed by atoms with Gasteiger partial charge in [0.2, 0.25) is 0 Å². The largest absolute Gasteiger partial charge is 0.455 e. The third-order valence-electron chi connectivity index (χ3n) is 13.8. The Labute approximate surface area is 371 Å². The number of furan rings is 1. The SMILES string of the molecule is CC1(C)c2ccccc2-c2ccc(N(c3ccc(-c4ccccc4-n4c5ccccc5c5ccccc54)cc3)c3ccccc3-c3cccc4c3oc3cc5ccccc5cc34)cc21. The maximum atomic E-state index is 6.86. The Morgan fingerprint density at radius 2 is 0.984 bits per heavy atom. The third-order valence-corrected chi connectivity index (χ3v) is 13.8. The fourth-order valence-corrected chi connectivity index (χ4v) is 10.7. The van der Waals surface area contributed by atoms with Crippen LogP contribution in [0.1, 0.15) is 25.0 Å². The highest BCUT2D eigenvalue weighted by molar-refractivity contribution is 6.14. The zero-order chi connectivity index (χ0) is 42.5. The van der Waals surface area contributed by atoms with Crippen LogP contribution in [-0.2, 0) is 5.41 Å². The van der Waals surface area contributed by atoms with Crippen LogP contribution in [0.15, 0.2) is 223 Å². The van der Waals surface area contributed by atoms with E-state index in [0.29, 0.717) is 0 Å². The molecule has 1 aliphatic carbocycles. The van der Waals surface area contributed by atoms with Crippen molar-refractivity contribution in [2.45, 2.75) is 19.3 Å². The molecule has 0 unspecified atom stereocenters. The molecule has 13 rings (SSSR count). The molecule has 0 aliphatic heterocycles. The summed E-state index contributed by atoms with van der Waals surface area (Å²) in [5.74, 6) is 0. The standard InChI is InChI=1S/C61H42N2O/c1-61(2)53-25-10-5-19-45(53)46-35-34-43(38-54(46)61)62(56-27-12-9-22-49(56)50-23-15-24-51-52-36-40-16-3-4-17-41(40)37-59(52)64-60(50)51)42-32-30-39(31-33-42)44-18-6-11-26-55(44)63-57-28-13-7-20-47(57)48-21-8-14-29-58(48)63/h3-38H,1-2H3. The lowest BCUT2D eigenvalue weighted by atomic mass is 9.82. The summed E-state index contributed by atoms with van der Waals surface area (Å²) in [6.07, 6.45) is 0. The number of fused-ring (bicyclic) bond motifs is 10. The van der Waals surface area contributed by atoms with Crippen molar-refractivity contribution < 1.29 is 4.42 Å². The Morgan fingerprint density at radius 1 is 0.406 bits per heavy atom. The van der Waals surface area contributed by atoms with Gasteiger partial charge in [-0.2, -0.15) is 0 Å². The average molecular weight is 819 g/mol. The van der Waals surface area contributed by atoms with Gasteiger partial charge in [-0.25, -0.2) is 0 Å². The summed E-state index contributed by atoms with van der Waals surface area (Å²) < 4.78 is 9.27. The fourth-order valence-electron chi connectivity index (χ4n) is 10.7. The van der Waals surface area contributed by atoms with Crippen LogP contribution in [0.5, 0.6) is 0 Å². The normalized spacial score (nSPS) is 13.0. The molecule has 0 atom stereocenters. The van der Waals surface area contributed by atoms with Crippen molar-refractivity contribution in [3.63, 3.8) is 0 Å². The molecule has 2 heterocycles. The molecule has 2 aromatic heterocycles. The van der Waals surface area contributed by atoms with Crippen LogP contribution in [0.4, 0.5) is 17.1 Å². The number of hydrogen-bond donors (Lipinski definition) is 0. The number of hydrogen-bond acceptors (Lipinski definition) is 2. The van der Waals surface area contributed by atoms with Gasteiger partial charge >= 0.3 is 0 Å². The molecule has 302 valence electrons. The maximum absolute atomic E-state index is 6.86. The molecule has 0 radical (unpaired) electrons. The molecule has 0 bridgehead atoms. The molecule has 10 aromatic carbocycles. The summed E-state index contributed by atoms with van der Waals surface area (Å²) in [6.45, 7) is 4.71.